The minimum atomic E-state index is -3.08. The van der Waals surface area contributed by atoms with Crippen LogP contribution in [0.25, 0.3) is 0 Å². The van der Waals surface area contributed by atoms with E-state index in [0.717, 1.165) is 12.1 Å². The molecule has 0 spiro atoms. The van der Waals surface area contributed by atoms with Gasteiger partial charge in [0.25, 0.3) is 0 Å². The van der Waals surface area contributed by atoms with E-state index in [-0.39, 0.29) is 11.8 Å². The number of hydrogen-bond acceptors (Lipinski definition) is 4. The molecular weight excluding hydrogens is 278 g/mol. The predicted molar refractivity (Wildman–Crippen MR) is 77.0 cm³/mol. The van der Waals surface area contributed by atoms with Crippen LogP contribution in [-0.2, 0) is 16.4 Å². The number of rotatable bonds is 3. The van der Waals surface area contributed by atoms with E-state index in [1.807, 2.05) is 18.2 Å². The largest absolute Gasteiger partial charge is 0.305 e. The van der Waals surface area contributed by atoms with Crippen molar-refractivity contribution >= 4 is 21.2 Å². The standard InChI is InChI=1S/C14H15NO2S2/c16-19(17)9-7-13(12-5-1-2-6-14(12)19)15-10-11-4-3-8-18-11/h1-6,8,13,15H,7,9-10H2. The van der Waals surface area contributed by atoms with Crippen LogP contribution in [-0.4, -0.2) is 14.2 Å². The number of benzene rings is 1. The van der Waals surface area contributed by atoms with E-state index in [1.165, 1.54) is 4.88 Å². The second kappa shape index (κ2) is 5.07. The molecule has 0 bridgehead atoms. The predicted octanol–water partition coefficient (Wildman–Crippen LogP) is 2.76. The quantitative estimate of drug-likeness (QED) is 0.946. The number of nitrogens with one attached hydrogen (secondary N) is 1. The van der Waals surface area contributed by atoms with Crippen molar-refractivity contribution in [1.29, 1.82) is 0 Å². The van der Waals surface area contributed by atoms with Crippen LogP contribution in [0.4, 0.5) is 0 Å². The zero-order chi connectivity index (χ0) is 13.3. The molecule has 2 aromatic rings. The Bertz CT molecular complexity index is 663. The Morgan fingerprint density at radius 3 is 2.84 bits per heavy atom. The second-order valence-electron chi connectivity index (χ2n) is 4.66. The van der Waals surface area contributed by atoms with E-state index in [9.17, 15) is 8.42 Å². The number of hydrogen-bond donors (Lipinski definition) is 1. The summed E-state index contributed by atoms with van der Waals surface area (Å²) in [4.78, 5) is 1.76. The molecule has 0 saturated heterocycles. The fourth-order valence-corrected chi connectivity index (χ4v) is 4.72. The zero-order valence-electron chi connectivity index (χ0n) is 10.4. The highest BCUT2D eigenvalue weighted by Crippen LogP contribution is 2.32. The molecule has 1 unspecified atom stereocenters. The van der Waals surface area contributed by atoms with Gasteiger partial charge in [-0.25, -0.2) is 8.42 Å². The van der Waals surface area contributed by atoms with E-state index in [2.05, 4.69) is 16.8 Å². The normalized spacial score (nSPS) is 20.9. The smallest absolute Gasteiger partial charge is 0.178 e. The van der Waals surface area contributed by atoms with Crippen LogP contribution >= 0.6 is 11.3 Å². The van der Waals surface area contributed by atoms with Crippen LogP contribution in [0.1, 0.15) is 22.9 Å². The maximum Gasteiger partial charge on any atom is 0.178 e. The van der Waals surface area contributed by atoms with E-state index in [0.29, 0.717) is 11.3 Å². The minimum absolute atomic E-state index is 0.127. The van der Waals surface area contributed by atoms with Gasteiger partial charge in [0.15, 0.2) is 9.84 Å². The molecule has 1 aliphatic rings. The van der Waals surface area contributed by atoms with Gasteiger partial charge < -0.3 is 5.32 Å². The van der Waals surface area contributed by atoms with Crippen molar-refractivity contribution in [3.05, 3.63) is 52.2 Å². The lowest BCUT2D eigenvalue weighted by Gasteiger charge is -2.26. The van der Waals surface area contributed by atoms with Crippen LogP contribution in [0.5, 0.6) is 0 Å². The molecule has 3 nitrogen and oxygen atoms in total. The van der Waals surface area contributed by atoms with Gasteiger partial charge >= 0.3 is 0 Å². The van der Waals surface area contributed by atoms with Crippen molar-refractivity contribution in [2.45, 2.75) is 23.9 Å². The monoisotopic (exact) mass is 293 g/mol. The first kappa shape index (κ1) is 12.8. The lowest BCUT2D eigenvalue weighted by atomic mass is 10.0. The van der Waals surface area contributed by atoms with Gasteiger partial charge in [-0.2, -0.15) is 0 Å². The number of sulfone groups is 1. The molecule has 0 fully saturated rings. The topological polar surface area (TPSA) is 46.2 Å². The maximum absolute atomic E-state index is 12.0. The lowest BCUT2D eigenvalue weighted by molar-refractivity contribution is 0.493. The summed E-state index contributed by atoms with van der Waals surface area (Å²) >= 11 is 1.71. The third kappa shape index (κ3) is 2.59. The molecule has 1 N–H and O–H groups in total. The average Bonchev–Trinajstić information content (AvgIpc) is 2.91. The van der Waals surface area contributed by atoms with Gasteiger partial charge in [0.05, 0.1) is 10.6 Å². The van der Waals surface area contributed by atoms with Crippen LogP contribution in [0.3, 0.4) is 0 Å². The highest BCUT2D eigenvalue weighted by atomic mass is 32.2. The van der Waals surface area contributed by atoms with Crippen LogP contribution < -0.4 is 5.32 Å². The molecule has 19 heavy (non-hydrogen) atoms. The van der Waals surface area contributed by atoms with Crippen molar-refractivity contribution in [1.82, 2.24) is 5.32 Å². The summed E-state index contributed by atoms with van der Waals surface area (Å²) in [6.45, 7) is 0.788. The summed E-state index contributed by atoms with van der Waals surface area (Å²) < 4.78 is 24.1. The third-order valence-corrected chi connectivity index (χ3v) is 6.10. The van der Waals surface area contributed by atoms with Crippen LogP contribution in [0, 0.1) is 0 Å². The lowest BCUT2D eigenvalue weighted by Crippen LogP contribution is -2.29. The summed E-state index contributed by atoms with van der Waals surface area (Å²) in [5.74, 6) is 0.228. The molecule has 3 rings (SSSR count). The number of fused-ring (bicyclic) bond motifs is 1. The van der Waals surface area contributed by atoms with E-state index in [1.54, 1.807) is 23.5 Å². The molecule has 0 aliphatic carbocycles. The molecular formula is C14H15NO2S2. The Labute approximate surface area is 117 Å². The first-order valence-electron chi connectivity index (χ1n) is 6.24. The number of thiophene rings is 1. The molecule has 0 radical (unpaired) electrons. The van der Waals surface area contributed by atoms with Gasteiger partial charge in [-0.1, -0.05) is 24.3 Å². The fourth-order valence-electron chi connectivity index (χ4n) is 2.44. The van der Waals surface area contributed by atoms with Gasteiger partial charge in [0.2, 0.25) is 0 Å². The van der Waals surface area contributed by atoms with Crippen LogP contribution in [0.15, 0.2) is 46.7 Å². The molecule has 1 aromatic heterocycles. The molecule has 1 atom stereocenters. The Balaban J connectivity index is 1.84. The molecule has 5 heteroatoms. The summed E-state index contributed by atoms with van der Waals surface area (Å²) in [5, 5.41) is 5.52. The SMILES string of the molecule is O=S1(=O)CCC(NCc2cccs2)c2ccccc21. The van der Waals surface area contributed by atoms with Crippen molar-refractivity contribution in [2.24, 2.45) is 0 Å². The van der Waals surface area contributed by atoms with Crippen molar-refractivity contribution in [2.75, 3.05) is 5.75 Å². The van der Waals surface area contributed by atoms with Gasteiger partial charge in [-0.3, -0.25) is 0 Å². The Hall–Kier alpha value is -1.17. The van der Waals surface area contributed by atoms with Crippen LogP contribution in [0.2, 0.25) is 0 Å². The first-order valence-corrected chi connectivity index (χ1v) is 8.77. The summed E-state index contributed by atoms with van der Waals surface area (Å²) in [5.41, 5.74) is 0.908. The molecule has 1 aromatic carbocycles. The molecule has 0 amide bonds. The summed E-state index contributed by atoms with van der Waals surface area (Å²) in [6, 6.07) is 11.6. The average molecular weight is 293 g/mol. The van der Waals surface area contributed by atoms with E-state index >= 15 is 0 Å². The summed E-state index contributed by atoms with van der Waals surface area (Å²) in [6.07, 6.45) is 0.644. The highest BCUT2D eigenvalue weighted by molar-refractivity contribution is 7.91. The van der Waals surface area contributed by atoms with Gasteiger partial charge in [-0.15, -0.1) is 11.3 Å². The van der Waals surface area contributed by atoms with Gasteiger partial charge in [-0.05, 0) is 29.5 Å². The fraction of sp³-hybridized carbons (Fsp3) is 0.286. The summed E-state index contributed by atoms with van der Waals surface area (Å²) in [7, 11) is -3.08. The van der Waals surface area contributed by atoms with Gasteiger partial charge in [0.1, 0.15) is 0 Å². The van der Waals surface area contributed by atoms with Crippen molar-refractivity contribution in [3.63, 3.8) is 0 Å². The first-order chi connectivity index (χ1) is 9.17. The molecule has 100 valence electrons. The van der Waals surface area contributed by atoms with E-state index in [4.69, 9.17) is 0 Å². The minimum Gasteiger partial charge on any atom is -0.305 e. The molecule has 0 saturated carbocycles. The zero-order valence-corrected chi connectivity index (χ0v) is 12.0. The Kier molecular flexibility index (Phi) is 3.43. The van der Waals surface area contributed by atoms with Crippen molar-refractivity contribution < 1.29 is 8.42 Å². The Morgan fingerprint density at radius 1 is 1.21 bits per heavy atom. The third-order valence-electron chi connectivity index (χ3n) is 3.41. The second-order valence-corrected chi connectivity index (χ2v) is 7.77. The molecule has 2 heterocycles. The maximum atomic E-state index is 12.0. The Morgan fingerprint density at radius 2 is 2.05 bits per heavy atom. The van der Waals surface area contributed by atoms with Crippen molar-refractivity contribution in [3.8, 4) is 0 Å². The van der Waals surface area contributed by atoms with Gasteiger partial charge in [0, 0.05) is 17.5 Å². The highest BCUT2D eigenvalue weighted by Gasteiger charge is 2.29. The van der Waals surface area contributed by atoms with E-state index < -0.39 is 9.84 Å². The molecule has 1 aliphatic heterocycles.